The summed E-state index contributed by atoms with van der Waals surface area (Å²) in [7, 11) is 0. The Hall–Kier alpha value is -4.41. The number of anilines is 1. The van der Waals surface area contributed by atoms with Gasteiger partial charge in [0, 0.05) is 49.3 Å². The highest BCUT2D eigenvalue weighted by molar-refractivity contribution is 6.01. The zero-order chi connectivity index (χ0) is 28.8. The molecule has 0 spiro atoms. The molecular formula is C29H26F4N4O3. The SMILES string of the molecule is CC(C)(C)OC(=O)N1CCN(c2cc(-c3ccc(F)cc3F)c3cc[n+]([O-])c(-c4c(F)cccc4F)c3n2)CC1. The Morgan fingerprint density at radius 3 is 2.23 bits per heavy atom. The fourth-order valence-electron chi connectivity index (χ4n) is 4.70. The van der Waals surface area contributed by atoms with Crippen LogP contribution in [-0.2, 0) is 4.74 Å². The number of pyridine rings is 2. The largest absolute Gasteiger partial charge is 0.618 e. The topological polar surface area (TPSA) is 72.6 Å². The number of halogens is 4. The Kier molecular flexibility index (Phi) is 6.99. The third kappa shape index (κ3) is 5.23. The molecule has 0 radical (unpaired) electrons. The highest BCUT2D eigenvalue weighted by atomic mass is 19.1. The molecule has 208 valence electrons. The lowest BCUT2D eigenvalue weighted by Gasteiger charge is -2.36. The van der Waals surface area contributed by atoms with Gasteiger partial charge >= 0.3 is 6.09 Å². The molecule has 4 aromatic rings. The van der Waals surface area contributed by atoms with Crippen molar-refractivity contribution in [1.29, 1.82) is 0 Å². The third-order valence-corrected chi connectivity index (χ3v) is 6.54. The quantitative estimate of drug-likeness (QED) is 0.181. The molecule has 7 nitrogen and oxygen atoms in total. The molecule has 40 heavy (non-hydrogen) atoms. The van der Waals surface area contributed by atoms with Crippen molar-refractivity contribution in [3.8, 4) is 22.4 Å². The Morgan fingerprint density at radius 2 is 1.60 bits per heavy atom. The van der Waals surface area contributed by atoms with E-state index in [1.807, 2.05) is 4.90 Å². The Bertz CT molecular complexity index is 1600. The maximum absolute atomic E-state index is 15.0. The van der Waals surface area contributed by atoms with Crippen molar-refractivity contribution >= 4 is 22.8 Å². The molecule has 1 fully saturated rings. The van der Waals surface area contributed by atoms with Crippen molar-refractivity contribution in [2.75, 3.05) is 31.1 Å². The molecule has 2 aromatic heterocycles. The van der Waals surface area contributed by atoms with Crippen molar-refractivity contribution in [2.24, 2.45) is 0 Å². The highest BCUT2D eigenvalue weighted by Gasteiger charge is 2.29. The fourth-order valence-corrected chi connectivity index (χ4v) is 4.70. The molecule has 11 heteroatoms. The third-order valence-electron chi connectivity index (χ3n) is 6.54. The monoisotopic (exact) mass is 554 g/mol. The molecule has 1 saturated heterocycles. The van der Waals surface area contributed by atoms with Gasteiger partial charge in [-0.15, -0.1) is 0 Å². The second-order valence-electron chi connectivity index (χ2n) is 10.5. The van der Waals surface area contributed by atoms with Gasteiger partial charge in [-0.2, -0.15) is 4.73 Å². The van der Waals surface area contributed by atoms with E-state index in [-0.39, 0.29) is 27.7 Å². The van der Waals surface area contributed by atoms with Gasteiger partial charge in [0.2, 0.25) is 0 Å². The van der Waals surface area contributed by atoms with E-state index in [0.29, 0.717) is 36.7 Å². The van der Waals surface area contributed by atoms with Crippen LogP contribution >= 0.6 is 0 Å². The first-order valence-electron chi connectivity index (χ1n) is 12.6. The lowest BCUT2D eigenvalue weighted by atomic mass is 9.98. The Labute approximate surface area is 227 Å². The van der Waals surface area contributed by atoms with E-state index >= 15 is 4.39 Å². The average molecular weight is 555 g/mol. The number of benzene rings is 2. The summed E-state index contributed by atoms with van der Waals surface area (Å²) >= 11 is 0. The van der Waals surface area contributed by atoms with Crippen LogP contribution in [0.2, 0.25) is 0 Å². The molecule has 1 aliphatic heterocycles. The van der Waals surface area contributed by atoms with Crippen LogP contribution in [0.1, 0.15) is 20.8 Å². The molecule has 2 aromatic carbocycles. The van der Waals surface area contributed by atoms with Gasteiger partial charge in [-0.05, 0) is 56.7 Å². The minimum absolute atomic E-state index is 0.0195. The summed E-state index contributed by atoms with van der Waals surface area (Å²) in [5.41, 5.74) is -1.41. The molecule has 1 aliphatic rings. The zero-order valence-corrected chi connectivity index (χ0v) is 22.1. The normalized spacial score (nSPS) is 14.1. The van der Waals surface area contributed by atoms with Crippen molar-refractivity contribution in [3.63, 3.8) is 0 Å². The number of carbonyl (C=O) groups excluding carboxylic acids is 1. The van der Waals surface area contributed by atoms with Gasteiger partial charge in [0.25, 0.3) is 5.69 Å². The lowest BCUT2D eigenvalue weighted by Crippen LogP contribution is -2.50. The maximum Gasteiger partial charge on any atom is 0.410 e. The standard InChI is InChI=1S/C29H26F4N4O3/c1-29(2,3)40-28(38)36-13-11-35(12-14-36)24-16-20(18-8-7-17(30)15-23(18)33)19-9-10-37(39)27(26(19)34-24)25-21(31)5-4-6-22(25)32/h4-10,15-16H,11-14H2,1-3H3. The van der Waals surface area contributed by atoms with Crippen LogP contribution in [0.15, 0.2) is 54.7 Å². The second-order valence-corrected chi connectivity index (χ2v) is 10.5. The summed E-state index contributed by atoms with van der Waals surface area (Å²) < 4.78 is 64.3. The number of hydrogen-bond acceptors (Lipinski definition) is 5. The van der Waals surface area contributed by atoms with Crippen molar-refractivity contribution in [2.45, 2.75) is 26.4 Å². The summed E-state index contributed by atoms with van der Waals surface area (Å²) in [5.74, 6) is -3.27. The van der Waals surface area contributed by atoms with E-state index in [2.05, 4.69) is 4.98 Å². The molecule has 0 atom stereocenters. The molecule has 5 rings (SSSR count). The summed E-state index contributed by atoms with van der Waals surface area (Å²) in [6.45, 7) is 6.53. The number of ether oxygens (including phenoxy) is 1. The predicted molar refractivity (Wildman–Crippen MR) is 141 cm³/mol. The van der Waals surface area contributed by atoms with Crippen LogP contribution in [0.25, 0.3) is 33.3 Å². The van der Waals surface area contributed by atoms with Crippen molar-refractivity contribution < 1.29 is 31.8 Å². The van der Waals surface area contributed by atoms with Crippen LogP contribution in [0.3, 0.4) is 0 Å². The summed E-state index contributed by atoms with van der Waals surface area (Å²) in [6.07, 6.45) is 0.604. The molecule has 0 N–H and O–H groups in total. The van der Waals surface area contributed by atoms with E-state index in [4.69, 9.17) is 4.74 Å². The number of amides is 1. The number of nitrogens with zero attached hydrogens (tertiary/aromatic N) is 4. The van der Waals surface area contributed by atoms with Gasteiger partial charge in [0.05, 0.1) is 0 Å². The molecule has 0 bridgehead atoms. The summed E-state index contributed by atoms with van der Waals surface area (Å²) in [4.78, 5) is 20.5. The molecule has 0 unspecified atom stereocenters. The van der Waals surface area contributed by atoms with E-state index in [1.54, 1.807) is 31.7 Å². The van der Waals surface area contributed by atoms with Crippen LogP contribution in [0, 0.1) is 28.5 Å². The molecule has 1 amide bonds. The van der Waals surface area contributed by atoms with Gasteiger partial charge < -0.3 is 19.7 Å². The zero-order valence-electron chi connectivity index (χ0n) is 22.1. The molecule has 0 saturated carbocycles. The lowest BCUT2D eigenvalue weighted by molar-refractivity contribution is -0.592. The van der Waals surface area contributed by atoms with Crippen LogP contribution in [-0.4, -0.2) is 47.8 Å². The number of hydrogen-bond donors (Lipinski definition) is 0. The van der Waals surface area contributed by atoms with Gasteiger partial charge in [-0.3, -0.25) is 0 Å². The molecule has 3 heterocycles. The van der Waals surface area contributed by atoms with Gasteiger partial charge in [0.15, 0.2) is 6.20 Å². The predicted octanol–water partition coefficient (Wildman–Crippen LogP) is 5.82. The van der Waals surface area contributed by atoms with E-state index in [1.165, 1.54) is 18.2 Å². The first-order valence-corrected chi connectivity index (χ1v) is 12.6. The van der Waals surface area contributed by atoms with Crippen molar-refractivity contribution in [3.05, 3.63) is 83.2 Å². The number of aromatic nitrogens is 2. The van der Waals surface area contributed by atoms with Gasteiger partial charge in [-0.1, -0.05) is 6.07 Å². The number of rotatable bonds is 3. The number of carbonyl (C=O) groups is 1. The van der Waals surface area contributed by atoms with Crippen LogP contribution < -0.4 is 9.63 Å². The van der Waals surface area contributed by atoms with Gasteiger partial charge in [0.1, 0.15) is 45.8 Å². The molecule has 0 aliphatic carbocycles. The molecular weight excluding hydrogens is 528 g/mol. The fraction of sp³-hybridized carbons (Fsp3) is 0.276. The Morgan fingerprint density at radius 1 is 0.925 bits per heavy atom. The average Bonchev–Trinajstić information content (AvgIpc) is 2.88. The van der Waals surface area contributed by atoms with Crippen LogP contribution in [0.4, 0.5) is 28.2 Å². The maximum atomic E-state index is 15.0. The first kappa shape index (κ1) is 27.2. The number of fused-ring (bicyclic) bond motifs is 1. The van der Waals surface area contributed by atoms with E-state index in [9.17, 15) is 23.2 Å². The van der Waals surface area contributed by atoms with Gasteiger partial charge in [-0.25, -0.2) is 27.3 Å². The Balaban J connectivity index is 1.66. The van der Waals surface area contributed by atoms with E-state index in [0.717, 1.165) is 30.5 Å². The second kappa shape index (κ2) is 10.3. The number of piperazine rings is 1. The highest BCUT2D eigenvalue weighted by Crippen LogP contribution is 2.37. The van der Waals surface area contributed by atoms with E-state index < -0.39 is 40.5 Å². The summed E-state index contributed by atoms with van der Waals surface area (Å²) in [5, 5.41) is 13.2. The smallest absolute Gasteiger partial charge is 0.410 e. The minimum atomic E-state index is -0.968. The minimum Gasteiger partial charge on any atom is -0.618 e. The van der Waals surface area contributed by atoms with Crippen molar-refractivity contribution in [1.82, 2.24) is 9.88 Å². The summed E-state index contributed by atoms with van der Waals surface area (Å²) in [6, 6.07) is 9.27. The first-order chi connectivity index (χ1) is 18.9. The van der Waals surface area contributed by atoms with Crippen LogP contribution in [0.5, 0.6) is 0 Å².